The number of benzene rings is 2. The number of nitrogens with zero attached hydrogens (tertiary/aromatic N) is 3. The molecule has 6 nitrogen and oxygen atoms in total. The standard InChI is InChI=1S/C22H18FN3O3/c1-3-28-22(27)16-7-5-9-18(11-16)26-13-24-12-19(26)20-14(2)29-25-21(20)15-6-4-8-17(23)10-15/h4-13H,3H2,1-2H3. The summed E-state index contributed by atoms with van der Waals surface area (Å²) in [5.41, 5.74) is 3.71. The molecule has 0 aliphatic carbocycles. The zero-order chi connectivity index (χ0) is 20.4. The van der Waals surface area contributed by atoms with E-state index in [2.05, 4.69) is 10.1 Å². The summed E-state index contributed by atoms with van der Waals surface area (Å²) in [5.74, 6) is -0.171. The van der Waals surface area contributed by atoms with Gasteiger partial charge in [-0.05, 0) is 44.2 Å². The van der Waals surface area contributed by atoms with E-state index in [0.717, 1.165) is 5.69 Å². The van der Waals surface area contributed by atoms with Crippen LogP contribution in [0.25, 0.3) is 28.2 Å². The van der Waals surface area contributed by atoms with Crippen molar-refractivity contribution in [2.45, 2.75) is 13.8 Å². The lowest BCUT2D eigenvalue weighted by molar-refractivity contribution is 0.0526. The third-order valence-corrected chi connectivity index (χ3v) is 4.49. The fourth-order valence-electron chi connectivity index (χ4n) is 3.19. The number of carbonyl (C=O) groups is 1. The molecule has 0 radical (unpaired) electrons. The van der Waals surface area contributed by atoms with Gasteiger partial charge >= 0.3 is 5.97 Å². The fourth-order valence-corrected chi connectivity index (χ4v) is 3.19. The minimum Gasteiger partial charge on any atom is -0.462 e. The summed E-state index contributed by atoms with van der Waals surface area (Å²) in [7, 11) is 0. The first-order valence-electron chi connectivity index (χ1n) is 9.11. The van der Waals surface area contributed by atoms with E-state index in [1.807, 2.05) is 10.6 Å². The van der Waals surface area contributed by atoms with E-state index in [9.17, 15) is 9.18 Å². The first-order chi connectivity index (χ1) is 14.1. The van der Waals surface area contributed by atoms with Gasteiger partial charge < -0.3 is 9.26 Å². The zero-order valence-electron chi connectivity index (χ0n) is 15.9. The van der Waals surface area contributed by atoms with Crippen molar-refractivity contribution in [2.24, 2.45) is 0 Å². The lowest BCUT2D eigenvalue weighted by Gasteiger charge is -2.10. The molecule has 0 amide bonds. The fraction of sp³-hybridized carbons (Fsp3) is 0.136. The molecule has 2 aromatic heterocycles. The Labute approximate surface area is 166 Å². The highest BCUT2D eigenvalue weighted by Gasteiger charge is 2.21. The van der Waals surface area contributed by atoms with Crippen LogP contribution in [-0.2, 0) is 4.74 Å². The Balaban J connectivity index is 1.82. The largest absolute Gasteiger partial charge is 0.462 e. The first kappa shape index (κ1) is 18.6. The van der Waals surface area contributed by atoms with E-state index in [-0.39, 0.29) is 5.82 Å². The lowest BCUT2D eigenvalue weighted by atomic mass is 10.0. The van der Waals surface area contributed by atoms with E-state index in [1.54, 1.807) is 56.7 Å². The Morgan fingerprint density at radius 3 is 2.83 bits per heavy atom. The molecule has 0 saturated carbocycles. The van der Waals surface area contributed by atoms with E-state index < -0.39 is 5.97 Å². The van der Waals surface area contributed by atoms with Gasteiger partial charge in [-0.2, -0.15) is 0 Å². The molecule has 29 heavy (non-hydrogen) atoms. The van der Waals surface area contributed by atoms with Crippen LogP contribution in [0.15, 0.2) is 65.6 Å². The van der Waals surface area contributed by atoms with Crippen molar-refractivity contribution < 1.29 is 18.4 Å². The van der Waals surface area contributed by atoms with Crippen LogP contribution in [0.3, 0.4) is 0 Å². The summed E-state index contributed by atoms with van der Waals surface area (Å²) < 4.78 is 26.1. The van der Waals surface area contributed by atoms with Gasteiger partial charge in [0, 0.05) is 11.3 Å². The number of hydrogen-bond donors (Lipinski definition) is 0. The smallest absolute Gasteiger partial charge is 0.338 e. The Morgan fingerprint density at radius 2 is 2.03 bits per heavy atom. The van der Waals surface area contributed by atoms with Crippen molar-refractivity contribution in [3.63, 3.8) is 0 Å². The van der Waals surface area contributed by atoms with Crippen molar-refractivity contribution in [3.05, 3.63) is 78.2 Å². The van der Waals surface area contributed by atoms with Crippen LogP contribution < -0.4 is 0 Å². The third-order valence-electron chi connectivity index (χ3n) is 4.49. The minimum atomic E-state index is -0.391. The third kappa shape index (κ3) is 3.54. The van der Waals surface area contributed by atoms with Crippen LogP contribution in [0.4, 0.5) is 4.39 Å². The Hall–Kier alpha value is -3.74. The molecule has 0 N–H and O–H groups in total. The van der Waals surface area contributed by atoms with E-state index >= 15 is 0 Å². The van der Waals surface area contributed by atoms with Crippen LogP contribution in [0.5, 0.6) is 0 Å². The maximum atomic E-state index is 13.7. The van der Waals surface area contributed by atoms with Gasteiger partial charge in [0.05, 0.1) is 36.0 Å². The zero-order valence-corrected chi connectivity index (χ0v) is 15.9. The molecule has 0 fully saturated rings. The van der Waals surface area contributed by atoms with Gasteiger partial charge in [0.2, 0.25) is 0 Å². The molecule has 0 aliphatic rings. The van der Waals surface area contributed by atoms with Crippen LogP contribution >= 0.6 is 0 Å². The molecule has 0 aliphatic heterocycles. The van der Waals surface area contributed by atoms with Gasteiger partial charge in [0.15, 0.2) is 0 Å². The second-order valence-corrected chi connectivity index (χ2v) is 6.39. The number of rotatable bonds is 5. The van der Waals surface area contributed by atoms with E-state index in [1.165, 1.54) is 12.1 Å². The number of carbonyl (C=O) groups excluding carboxylic acids is 1. The molecule has 0 atom stereocenters. The minimum absolute atomic E-state index is 0.302. The maximum Gasteiger partial charge on any atom is 0.338 e. The van der Waals surface area contributed by atoms with Crippen molar-refractivity contribution >= 4 is 5.97 Å². The number of hydrogen-bond acceptors (Lipinski definition) is 5. The SMILES string of the molecule is CCOC(=O)c1cccc(-n2cncc2-c2c(-c3cccc(F)c3)noc2C)c1. The summed E-state index contributed by atoms with van der Waals surface area (Å²) in [5, 5.41) is 4.13. The van der Waals surface area contributed by atoms with Crippen molar-refractivity contribution in [1.82, 2.24) is 14.7 Å². The van der Waals surface area contributed by atoms with Crippen LogP contribution in [0.1, 0.15) is 23.0 Å². The molecule has 4 rings (SSSR count). The number of aromatic nitrogens is 3. The van der Waals surface area contributed by atoms with Gasteiger partial charge in [-0.3, -0.25) is 4.57 Å². The summed E-state index contributed by atoms with van der Waals surface area (Å²) in [6.07, 6.45) is 3.32. The van der Waals surface area contributed by atoms with Crippen LogP contribution in [0, 0.1) is 12.7 Å². The normalized spacial score (nSPS) is 10.9. The molecule has 4 aromatic rings. The van der Waals surface area contributed by atoms with Gasteiger partial charge in [-0.15, -0.1) is 0 Å². The predicted octanol–water partition coefficient (Wildman–Crippen LogP) is 4.82. The van der Waals surface area contributed by atoms with E-state index in [4.69, 9.17) is 9.26 Å². The highest BCUT2D eigenvalue weighted by atomic mass is 19.1. The average molecular weight is 391 g/mol. The molecular formula is C22H18FN3O3. The topological polar surface area (TPSA) is 70.2 Å². The summed E-state index contributed by atoms with van der Waals surface area (Å²) in [4.78, 5) is 16.4. The molecule has 0 spiro atoms. The highest BCUT2D eigenvalue weighted by molar-refractivity contribution is 5.90. The number of imidazole rings is 1. The molecule has 2 aromatic carbocycles. The molecule has 146 valence electrons. The Bertz CT molecular complexity index is 1180. The lowest BCUT2D eigenvalue weighted by Crippen LogP contribution is -2.06. The molecule has 2 heterocycles. The summed E-state index contributed by atoms with van der Waals surface area (Å²) >= 11 is 0. The van der Waals surface area contributed by atoms with Gasteiger partial charge in [0.1, 0.15) is 17.3 Å². The molecule has 0 saturated heterocycles. The Kier molecular flexibility index (Phi) is 4.95. The quantitative estimate of drug-likeness (QED) is 0.456. The van der Waals surface area contributed by atoms with Gasteiger partial charge in [-0.1, -0.05) is 23.4 Å². The second kappa shape index (κ2) is 7.71. The summed E-state index contributed by atoms with van der Waals surface area (Å²) in [6.45, 7) is 3.85. The van der Waals surface area contributed by atoms with Crippen LogP contribution in [0.2, 0.25) is 0 Å². The summed E-state index contributed by atoms with van der Waals surface area (Å²) in [6, 6.07) is 13.2. The van der Waals surface area contributed by atoms with E-state index in [0.29, 0.717) is 40.4 Å². The second-order valence-electron chi connectivity index (χ2n) is 6.39. The molecule has 0 bridgehead atoms. The maximum absolute atomic E-state index is 13.7. The van der Waals surface area contributed by atoms with Crippen molar-refractivity contribution in [1.29, 1.82) is 0 Å². The first-order valence-corrected chi connectivity index (χ1v) is 9.11. The number of aryl methyl sites for hydroxylation is 1. The molecular weight excluding hydrogens is 373 g/mol. The van der Waals surface area contributed by atoms with Gasteiger partial charge in [0.25, 0.3) is 0 Å². The monoisotopic (exact) mass is 391 g/mol. The van der Waals surface area contributed by atoms with Crippen molar-refractivity contribution in [3.8, 4) is 28.2 Å². The highest BCUT2D eigenvalue weighted by Crippen LogP contribution is 2.35. The number of halogens is 1. The number of esters is 1. The van der Waals surface area contributed by atoms with Crippen molar-refractivity contribution in [2.75, 3.05) is 6.61 Å². The van der Waals surface area contributed by atoms with Gasteiger partial charge in [-0.25, -0.2) is 14.2 Å². The Morgan fingerprint density at radius 1 is 1.21 bits per heavy atom. The van der Waals surface area contributed by atoms with Crippen LogP contribution in [-0.4, -0.2) is 27.3 Å². The molecule has 7 heteroatoms. The predicted molar refractivity (Wildman–Crippen MR) is 105 cm³/mol. The number of ether oxygens (including phenoxy) is 1. The average Bonchev–Trinajstić information content (AvgIpc) is 3.34. The molecule has 0 unspecified atom stereocenters.